The van der Waals surface area contributed by atoms with Crippen molar-refractivity contribution in [3.63, 3.8) is 0 Å². The van der Waals surface area contributed by atoms with Gasteiger partial charge in [0.2, 0.25) is 5.95 Å². The van der Waals surface area contributed by atoms with Gasteiger partial charge in [0.25, 0.3) is 5.91 Å². The summed E-state index contributed by atoms with van der Waals surface area (Å²) < 4.78 is 5.29. The molecule has 1 fully saturated rings. The number of nitrogens with zero attached hydrogens (tertiary/aromatic N) is 3. The lowest BCUT2D eigenvalue weighted by atomic mass is 10.2. The quantitative estimate of drug-likeness (QED) is 0.925. The second kappa shape index (κ2) is 7.15. The topological polar surface area (TPSA) is 67.4 Å². The number of carbonyl (C=O) groups excluding carboxylic acids is 1. The van der Waals surface area contributed by atoms with Crippen molar-refractivity contribution in [3.8, 4) is 0 Å². The number of benzene rings is 1. The zero-order valence-corrected chi connectivity index (χ0v) is 14.4. The fraction of sp³-hybridized carbons (Fsp3) is 0.353. The van der Waals surface area contributed by atoms with Crippen LogP contribution in [0, 0.1) is 13.8 Å². The largest absolute Gasteiger partial charge is 0.378 e. The average Bonchev–Trinajstić information content (AvgIpc) is 2.58. The third-order valence-electron chi connectivity index (χ3n) is 3.82. The van der Waals surface area contributed by atoms with Gasteiger partial charge in [-0.05, 0) is 37.6 Å². The molecule has 1 aromatic carbocycles. The first-order valence-corrected chi connectivity index (χ1v) is 8.16. The third-order valence-corrected chi connectivity index (χ3v) is 4.05. The monoisotopic (exact) mass is 346 g/mol. The Hall–Kier alpha value is -2.18. The Morgan fingerprint density at radius 1 is 1.21 bits per heavy atom. The predicted octanol–water partition coefficient (Wildman–Crippen LogP) is 2.96. The van der Waals surface area contributed by atoms with E-state index in [1.165, 1.54) is 0 Å². The molecule has 1 saturated heterocycles. The number of morpholine rings is 1. The first kappa shape index (κ1) is 16.7. The van der Waals surface area contributed by atoms with Gasteiger partial charge in [-0.25, -0.2) is 9.97 Å². The van der Waals surface area contributed by atoms with Crippen LogP contribution in [0.15, 0.2) is 24.3 Å². The molecule has 2 heterocycles. The molecule has 1 N–H and O–H groups in total. The summed E-state index contributed by atoms with van der Waals surface area (Å²) in [5, 5.41) is 3.78. The molecule has 0 saturated carbocycles. The van der Waals surface area contributed by atoms with Crippen LogP contribution in [0.3, 0.4) is 0 Å². The second-order valence-corrected chi connectivity index (χ2v) is 6.14. The van der Waals surface area contributed by atoms with Gasteiger partial charge in [0, 0.05) is 29.5 Å². The Bertz CT molecular complexity index is 760. The smallest absolute Gasteiger partial charge is 0.272 e. The van der Waals surface area contributed by atoms with E-state index in [1.807, 2.05) is 32.0 Å². The van der Waals surface area contributed by atoms with Crippen molar-refractivity contribution in [3.05, 3.63) is 46.2 Å². The highest BCUT2D eigenvalue weighted by Crippen LogP contribution is 2.23. The van der Waals surface area contributed by atoms with E-state index >= 15 is 0 Å². The lowest BCUT2D eigenvalue weighted by Crippen LogP contribution is -2.41. The lowest BCUT2D eigenvalue weighted by molar-refractivity contribution is 0.0299. The van der Waals surface area contributed by atoms with Crippen molar-refractivity contribution in [2.45, 2.75) is 13.8 Å². The Kier molecular flexibility index (Phi) is 4.97. The number of aromatic nitrogens is 2. The Labute approximate surface area is 145 Å². The van der Waals surface area contributed by atoms with Crippen LogP contribution in [0.1, 0.15) is 21.7 Å². The van der Waals surface area contributed by atoms with E-state index in [0.29, 0.717) is 43.0 Å². The summed E-state index contributed by atoms with van der Waals surface area (Å²) in [5.41, 5.74) is 2.94. The van der Waals surface area contributed by atoms with Crippen LogP contribution in [0.2, 0.25) is 5.02 Å². The number of ether oxygens (including phenoxy) is 1. The molecule has 0 radical (unpaired) electrons. The second-order valence-electron chi connectivity index (χ2n) is 5.71. The van der Waals surface area contributed by atoms with E-state index in [0.717, 1.165) is 16.9 Å². The summed E-state index contributed by atoms with van der Waals surface area (Å²) in [7, 11) is 0. The molecule has 1 aromatic heterocycles. The van der Waals surface area contributed by atoms with Gasteiger partial charge in [-0.2, -0.15) is 0 Å². The van der Waals surface area contributed by atoms with Gasteiger partial charge < -0.3 is 15.0 Å². The SMILES string of the molecule is Cc1cc(C(=O)N2CCOCC2)nc(Nc2cc(Cl)ccc2C)n1. The van der Waals surface area contributed by atoms with Crippen LogP contribution >= 0.6 is 11.6 Å². The number of halogens is 1. The Morgan fingerprint density at radius 2 is 1.96 bits per heavy atom. The normalized spacial score (nSPS) is 14.5. The molecule has 0 aliphatic carbocycles. The Balaban J connectivity index is 1.85. The number of carbonyl (C=O) groups is 1. The van der Waals surface area contributed by atoms with Crippen LogP contribution in [0.5, 0.6) is 0 Å². The average molecular weight is 347 g/mol. The summed E-state index contributed by atoms with van der Waals surface area (Å²) in [6.07, 6.45) is 0. The summed E-state index contributed by atoms with van der Waals surface area (Å²) >= 11 is 6.04. The molecule has 126 valence electrons. The number of rotatable bonds is 3. The molecule has 0 atom stereocenters. The highest BCUT2D eigenvalue weighted by Gasteiger charge is 2.20. The van der Waals surface area contributed by atoms with E-state index in [1.54, 1.807) is 11.0 Å². The van der Waals surface area contributed by atoms with E-state index in [9.17, 15) is 4.79 Å². The fourth-order valence-electron chi connectivity index (χ4n) is 2.51. The molecular formula is C17H19ClN4O2. The molecule has 7 heteroatoms. The number of nitrogens with one attached hydrogen (secondary N) is 1. The van der Waals surface area contributed by atoms with E-state index in [2.05, 4.69) is 15.3 Å². The van der Waals surface area contributed by atoms with Crippen molar-refractivity contribution in [2.75, 3.05) is 31.6 Å². The minimum atomic E-state index is -0.102. The minimum absolute atomic E-state index is 0.102. The van der Waals surface area contributed by atoms with Gasteiger partial charge in [0.05, 0.1) is 13.2 Å². The van der Waals surface area contributed by atoms with Crippen molar-refractivity contribution in [1.29, 1.82) is 0 Å². The van der Waals surface area contributed by atoms with Crippen LogP contribution in [0.4, 0.5) is 11.6 Å². The minimum Gasteiger partial charge on any atom is -0.378 e. The number of hydrogen-bond donors (Lipinski definition) is 1. The van der Waals surface area contributed by atoms with Gasteiger partial charge in [0.1, 0.15) is 5.69 Å². The van der Waals surface area contributed by atoms with Gasteiger partial charge >= 0.3 is 0 Å². The molecule has 0 unspecified atom stereocenters. The molecule has 0 bridgehead atoms. The van der Waals surface area contributed by atoms with E-state index in [-0.39, 0.29) is 5.91 Å². The number of aryl methyl sites for hydroxylation is 2. The molecule has 24 heavy (non-hydrogen) atoms. The zero-order chi connectivity index (χ0) is 17.1. The summed E-state index contributed by atoms with van der Waals surface area (Å²) in [4.78, 5) is 23.1. The number of amides is 1. The maximum absolute atomic E-state index is 12.6. The standard InChI is InChI=1S/C17H19ClN4O2/c1-11-3-4-13(18)10-14(11)20-17-19-12(2)9-15(21-17)16(23)22-5-7-24-8-6-22/h3-4,9-10H,5-8H2,1-2H3,(H,19,20,21). The van der Waals surface area contributed by atoms with E-state index in [4.69, 9.17) is 16.3 Å². The summed E-state index contributed by atoms with van der Waals surface area (Å²) in [5.74, 6) is 0.284. The maximum Gasteiger partial charge on any atom is 0.272 e. The molecule has 1 amide bonds. The molecule has 0 spiro atoms. The third kappa shape index (κ3) is 3.83. The van der Waals surface area contributed by atoms with Crippen LogP contribution in [-0.4, -0.2) is 47.1 Å². The molecule has 2 aromatic rings. The fourth-order valence-corrected chi connectivity index (χ4v) is 2.68. The van der Waals surface area contributed by atoms with Gasteiger partial charge in [-0.1, -0.05) is 17.7 Å². The molecule has 1 aliphatic rings. The van der Waals surface area contributed by atoms with Gasteiger partial charge in [-0.15, -0.1) is 0 Å². The van der Waals surface area contributed by atoms with Gasteiger partial charge in [0.15, 0.2) is 0 Å². The van der Waals surface area contributed by atoms with Crippen LogP contribution in [-0.2, 0) is 4.74 Å². The number of hydrogen-bond acceptors (Lipinski definition) is 5. The molecule has 1 aliphatic heterocycles. The van der Waals surface area contributed by atoms with Crippen LogP contribution in [0.25, 0.3) is 0 Å². The molecular weight excluding hydrogens is 328 g/mol. The van der Waals surface area contributed by atoms with Crippen molar-refractivity contribution in [1.82, 2.24) is 14.9 Å². The zero-order valence-electron chi connectivity index (χ0n) is 13.7. The van der Waals surface area contributed by atoms with Crippen LogP contribution < -0.4 is 5.32 Å². The summed E-state index contributed by atoms with van der Waals surface area (Å²) in [6.45, 7) is 6.09. The first-order chi connectivity index (χ1) is 11.5. The lowest BCUT2D eigenvalue weighted by Gasteiger charge is -2.26. The summed E-state index contributed by atoms with van der Waals surface area (Å²) in [6, 6.07) is 7.26. The highest BCUT2D eigenvalue weighted by atomic mass is 35.5. The first-order valence-electron chi connectivity index (χ1n) is 7.79. The Morgan fingerprint density at radius 3 is 2.71 bits per heavy atom. The van der Waals surface area contributed by atoms with Gasteiger partial charge in [-0.3, -0.25) is 4.79 Å². The number of anilines is 2. The van der Waals surface area contributed by atoms with Crippen molar-refractivity contribution >= 4 is 29.1 Å². The molecule has 6 nitrogen and oxygen atoms in total. The van der Waals surface area contributed by atoms with Crippen molar-refractivity contribution in [2.24, 2.45) is 0 Å². The molecule has 3 rings (SSSR count). The predicted molar refractivity (Wildman–Crippen MR) is 93.0 cm³/mol. The maximum atomic E-state index is 12.6. The highest BCUT2D eigenvalue weighted by molar-refractivity contribution is 6.30. The van der Waals surface area contributed by atoms with E-state index < -0.39 is 0 Å². The van der Waals surface area contributed by atoms with Crippen molar-refractivity contribution < 1.29 is 9.53 Å².